The van der Waals surface area contributed by atoms with Crippen molar-refractivity contribution in [3.63, 3.8) is 0 Å². The maximum absolute atomic E-state index is 11.8. The number of ether oxygens (including phenoxy) is 1. The Morgan fingerprint density at radius 3 is 2.76 bits per heavy atom. The molecule has 1 aromatic carbocycles. The SMILES string of the molecule is CCC(CCN)CCC(=O)NCCc1ccccc1OC. The maximum atomic E-state index is 11.8. The van der Waals surface area contributed by atoms with Crippen LogP contribution in [0.2, 0.25) is 0 Å². The summed E-state index contributed by atoms with van der Waals surface area (Å²) in [7, 11) is 1.67. The van der Waals surface area contributed by atoms with E-state index >= 15 is 0 Å². The summed E-state index contributed by atoms with van der Waals surface area (Å²) in [6.07, 6.45) is 4.39. The average Bonchev–Trinajstić information content (AvgIpc) is 2.51. The predicted molar refractivity (Wildman–Crippen MR) is 86.4 cm³/mol. The van der Waals surface area contributed by atoms with Crippen molar-refractivity contribution in [3.05, 3.63) is 29.8 Å². The van der Waals surface area contributed by atoms with Crippen molar-refractivity contribution in [1.29, 1.82) is 0 Å². The Labute approximate surface area is 128 Å². The number of benzene rings is 1. The van der Waals surface area contributed by atoms with Crippen LogP contribution in [-0.2, 0) is 11.2 Å². The van der Waals surface area contributed by atoms with Gasteiger partial charge >= 0.3 is 0 Å². The molecule has 0 aliphatic rings. The molecular weight excluding hydrogens is 264 g/mol. The third kappa shape index (κ3) is 6.63. The van der Waals surface area contributed by atoms with Crippen molar-refractivity contribution in [2.75, 3.05) is 20.2 Å². The van der Waals surface area contributed by atoms with Crippen LogP contribution < -0.4 is 15.8 Å². The lowest BCUT2D eigenvalue weighted by Gasteiger charge is -2.13. The van der Waals surface area contributed by atoms with Crippen LogP contribution in [0.3, 0.4) is 0 Å². The number of para-hydroxylation sites is 1. The summed E-state index contributed by atoms with van der Waals surface area (Å²) in [6, 6.07) is 7.90. The first-order chi connectivity index (χ1) is 10.2. The fraction of sp³-hybridized carbons (Fsp3) is 0.588. The lowest BCUT2D eigenvalue weighted by molar-refractivity contribution is -0.121. The molecule has 0 aromatic heterocycles. The molecule has 0 radical (unpaired) electrons. The third-order valence-electron chi connectivity index (χ3n) is 3.84. The van der Waals surface area contributed by atoms with Gasteiger partial charge in [-0.15, -0.1) is 0 Å². The van der Waals surface area contributed by atoms with Crippen molar-refractivity contribution >= 4 is 5.91 Å². The van der Waals surface area contributed by atoms with E-state index in [-0.39, 0.29) is 5.91 Å². The fourth-order valence-corrected chi connectivity index (χ4v) is 2.46. The highest BCUT2D eigenvalue weighted by atomic mass is 16.5. The Hall–Kier alpha value is -1.55. The molecule has 4 heteroatoms. The zero-order chi connectivity index (χ0) is 15.5. The van der Waals surface area contributed by atoms with Crippen LogP contribution in [0.4, 0.5) is 0 Å². The number of hydrogen-bond donors (Lipinski definition) is 2. The number of nitrogens with two attached hydrogens (primary N) is 1. The first-order valence-electron chi connectivity index (χ1n) is 7.79. The van der Waals surface area contributed by atoms with Crippen LogP contribution in [0.5, 0.6) is 5.75 Å². The van der Waals surface area contributed by atoms with Gasteiger partial charge in [-0.2, -0.15) is 0 Å². The number of amides is 1. The highest BCUT2D eigenvalue weighted by Gasteiger charge is 2.09. The molecule has 0 saturated carbocycles. The molecule has 1 unspecified atom stereocenters. The molecule has 21 heavy (non-hydrogen) atoms. The number of carbonyl (C=O) groups is 1. The van der Waals surface area contributed by atoms with Gasteiger partial charge in [-0.1, -0.05) is 31.5 Å². The number of methoxy groups -OCH3 is 1. The van der Waals surface area contributed by atoms with Crippen molar-refractivity contribution in [3.8, 4) is 5.75 Å². The van der Waals surface area contributed by atoms with E-state index in [1.165, 1.54) is 0 Å². The van der Waals surface area contributed by atoms with Crippen LogP contribution in [0.1, 0.15) is 38.2 Å². The first-order valence-corrected chi connectivity index (χ1v) is 7.79. The number of hydrogen-bond acceptors (Lipinski definition) is 3. The molecule has 0 aliphatic carbocycles. The van der Waals surface area contributed by atoms with Crippen molar-refractivity contribution in [2.24, 2.45) is 11.7 Å². The molecule has 3 N–H and O–H groups in total. The first kappa shape index (κ1) is 17.5. The molecule has 0 saturated heterocycles. The summed E-state index contributed by atoms with van der Waals surface area (Å²) in [4.78, 5) is 11.8. The lowest BCUT2D eigenvalue weighted by Crippen LogP contribution is -2.26. The molecule has 1 aromatic rings. The van der Waals surface area contributed by atoms with E-state index in [1.54, 1.807) is 7.11 Å². The van der Waals surface area contributed by atoms with Gasteiger partial charge in [0.15, 0.2) is 0 Å². The van der Waals surface area contributed by atoms with Crippen LogP contribution in [-0.4, -0.2) is 26.1 Å². The van der Waals surface area contributed by atoms with E-state index in [9.17, 15) is 4.79 Å². The fourth-order valence-electron chi connectivity index (χ4n) is 2.46. The van der Waals surface area contributed by atoms with E-state index in [2.05, 4.69) is 12.2 Å². The normalized spacial score (nSPS) is 12.0. The quantitative estimate of drug-likeness (QED) is 0.696. The molecule has 0 heterocycles. The Balaban J connectivity index is 2.27. The third-order valence-corrected chi connectivity index (χ3v) is 3.84. The largest absolute Gasteiger partial charge is 0.496 e. The Kier molecular flexibility index (Phi) is 8.51. The van der Waals surface area contributed by atoms with Crippen molar-refractivity contribution in [1.82, 2.24) is 5.32 Å². The summed E-state index contributed by atoms with van der Waals surface area (Å²) in [5.74, 6) is 1.57. The smallest absolute Gasteiger partial charge is 0.220 e. The summed E-state index contributed by atoms with van der Waals surface area (Å²) in [5, 5.41) is 2.98. The summed E-state index contributed by atoms with van der Waals surface area (Å²) >= 11 is 0. The molecule has 1 atom stereocenters. The molecule has 0 fully saturated rings. The number of carbonyl (C=O) groups excluding carboxylic acids is 1. The second-order valence-electron chi connectivity index (χ2n) is 5.30. The van der Waals surface area contributed by atoms with E-state index in [0.29, 0.717) is 25.4 Å². The highest BCUT2D eigenvalue weighted by molar-refractivity contribution is 5.75. The van der Waals surface area contributed by atoms with Gasteiger partial charge in [0, 0.05) is 13.0 Å². The minimum absolute atomic E-state index is 0.125. The van der Waals surface area contributed by atoms with Gasteiger partial charge in [0.05, 0.1) is 7.11 Å². The van der Waals surface area contributed by atoms with E-state index in [1.807, 2.05) is 24.3 Å². The zero-order valence-corrected chi connectivity index (χ0v) is 13.2. The topological polar surface area (TPSA) is 64.4 Å². The maximum Gasteiger partial charge on any atom is 0.220 e. The van der Waals surface area contributed by atoms with Gasteiger partial charge < -0.3 is 15.8 Å². The minimum atomic E-state index is 0.125. The molecule has 0 aliphatic heterocycles. The molecule has 118 valence electrons. The summed E-state index contributed by atoms with van der Waals surface area (Å²) < 4.78 is 5.30. The van der Waals surface area contributed by atoms with Crippen molar-refractivity contribution < 1.29 is 9.53 Å². The van der Waals surface area contributed by atoms with Gasteiger partial charge in [0.25, 0.3) is 0 Å². The van der Waals surface area contributed by atoms with E-state index in [0.717, 1.165) is 37.0 Å². The Morgan fingerprint density at radius 2 is 2.10 bits per heavy atom. The number of rotatable bonds is 10. The zero-order valence-electron chi connectivity index (χ0n) is 13.2. The predicted octanol–water partition coefficient (Wildman–Crippen LogP) is 2.51. The van der Waals surface area contributed by atoms with Crippen LogP contribution in [0.15, 0.2) is 24.3 Å². The summed E-state index contributed by atoms with van der Waals surface area (Å²) in [5.41, 5.74) is 6.69. The highest BCUT2D eigenvalue weighted by Crippen LogP contribution is 2.17. The second-order valence-corrected chi connectivity index (χ2v) is 5.30. The van der Waals surface area contributed by atoms with E-state index in [4.69, 9.17) is 10.5 Å². The molecule has 0 bridgehead atoms. The molecule has 4 nitrogen and oxygen atoms in total. The van der Waals surface area contributed by atoms with Gasteiger partial charge in [0.1, 0.15) is 5.75 Å². The Bertz CT molecular complexity index is 421. The van der Waals surface area contributed by atoms with Crippen LogP contribution in [0.25, 0.3) is 0 Å². The average molecular weight is 292 g/mol. The number of nitrogens with one attached hydrogen (secondary N) is 1. The van der Waals surface area contributed by atoms with Gasteiger partial charge in [-0.05, 0) is 43.4 Å². The molecule has 1 rings (SSSR count). The van der Waals surface area contributed by atoms with E-state index < -0.39 is 0 Å². The molecular formula is C17H28N2O2. The molecule has 1 amide bonds. The van der Waals surface area contributed by atoms with Crippen LogP contribution in [0, 0.1) is 5.92 Å². The van der Waals surface area contributed by atoms with Gasteiger partial charge in [-0.25, -0.2) is 0 Å². The van der Waals surface area contributed by atoms with Gasteiger partial charge in [-0.3, -0.25) is 4.79 Å². The second kappa shape index (κ2) is 10.2. The standard InChI is InChI=1S/C17H28N2O2/c1-3-14(10-12-18)8-9-17(20)19-13-11-15-6-4-5-7-16(15)21-2/h4-7,14H,3,8-13,18H2,1-2H3,(H,19,20). The molecule has 0 spiro atoms. The van der Waals surface area contributed by atoms with Crippen LogP contribution >= 0.6 is 0 Å². The lowest BCUT2D eigenvalue weighted by atomic mass is 9.96. The van der Waals surface area contributed by atoms with Gasteiger partial charge in [0.2, 0.25) is 5.91 Å². The summed E-state index contributed by atoms with van der Waals surface area (Å²) in [6.45, 7) is 3.50. The minimum Gasteiger partial charge on any atom is -0.496 e. The monoisotopic (exact) mass is 292 g/mol. The van der Waals surface area contributed by atoms with Crippen molar-refractivity contribution in [2.45, 2.75) is 39.0 Å². The Morgan fingerprint density at radius 1 is 1.33 bits per heavy atom.